The molecule has 7 heteroatoms. The number of esters is 1. The lowest BCUT2D eigenvalue weighted by Crippen LogP contribution is -2.41. The molecule has 1 heterocycles. The Bertz CT molecular complexity index is 581. The molecule has 3 amide bonds. The Morgan fingerprint density at radius 1 is 1.26 bits per heavy atom. The first kappa shape index (κ1) is 17.2. The van der Waals surface area contributed by atoms with E-state index in [4.69, 9.17) is 4.74 Å². The quantitative estimate of drug-likeness (QED) is 0.618. The number of hydrogen-bond donors (Lipinski definition) is 2. The zero-order valence-electron chi connectivity index (χ0n) is 12.8. The van der Waals surface area contributed by atoms with Crippen LogP contribution >= 0.6 is 11.3 Å². The van der Waals surface area contributed by atoms with E-state index >= 15 is 0 Å². The molecule has 0 saturated heterocycles. The van der Waals surface area contributed by atoms with Gasteiger partial charge < -0.3 is 10.1 Å². The van der Waals surface area contributed by atoms with E-state index in [2.05, 4.69) is 16.7 Å². The molecule has 1 aromatic rings. The third kappa shape index (κ3) is 6.23. The SMILES string of the molecule is O=C(COC(=O)c1ccsc1)NC(=O)NCCC1=CCCCC1. The fourth-order valence-electron chi connectivity index (χ4n) is 2.27. The van der Waals surface area contributed by atoms with E-state index in [9.17, 15) is 14.4 Å². The molecule has 1 aromatic heterocycles. The highest BCUT2D eigenvalue weighted by molar-refractivity contribution is 7.08. The van der Waals surface area contributed by atoms with Crippen molar-refractivity contribution in [2.75, 3.05) is 13.2 Å². The van der Waals surface area contributed by atoms with Crippen LogP contribution in [0.1, 0.15) is 42.5 Å². The minimum absolute atomic E-state index is 0.396. The maximum Gasteiger partial charge on any atom is 0.339 e. The fourth-order valence-corrected chi connectivity index (χ4v) is 2.90. The maximum absolute atomic E-state index is 11.6. The largest absolute Gasteiger partial charge is 0.452 e. The minimum atomic E-state index is -0.650. The van der Waals surface area contributed by atoms with Gasteiger partial charge in [-0.05, 0) is 43.6 Å². The molecule has 0 atom stereocenters. The van der Waals surface area contributed by atoms with Crippen molar-refractivity contribution in [2.45, 2.75) is 32.1 Å². The van der Waals surface area contributed by atoms with Gasteiger partial charge in [0.25, 0.3) is 5.91 Å². The normalized spacial score (nSPS) is 13.8. The summed E-state index contributed by atoms with van der Waals surface area (Å²) in [5.74, 6) is -1.23. The molecule has 6 nitrogen and oxygen atoms in total. The number of thiophene rings is 1. The van der Waals surface area contributed by atoms with Crippen molar-refractivity contribution in [3.8, 4) is 0 Å². The number of amides is 3. The van der Waals surface area contributed by atoms with Gasteiger partial charge in [-0.1, -0.05) is 11.6 Å². The summed E-state index contributed by atoms with van der Waals surface area (Å²) >= 11 is 1.36. The standard InChI is InChI=1S/C16H20N2O4S/c19-14(10-22-15(20)13-7-9-23-11-13)18-16(21)17-8-6-12-4-2-1-3-5-12/h4,7,9,11H,1-3,5-6,8,10H2,(H2,17,18,19,21). The van der Waals surface area contributed by atoms with Crippen LogP contribution in [0.5, 0.6) is 0 Å². The lowest BCUT2D eigenvalue weighted by Gasteiger charge is -2.13. The molecule has 0 spiro atoms. The van der Waals surface area contributed by atoms with Gasteiger partial charge in [-0.2, -0.15) is 11.3 Å². The summed E-state index contributed by atoms with van der Waals surface area (Å²) in [5.41, 5.74) is 1.75. The molecule has 0 radical (unpaired) electrons. The van der Waals surface area contributed by atoms with Gasteiger partial charge in [0.2, 0.25) is 0 Å². The van der Waals surface area contributed by atoms with E-state index in [1.54, 1.807) is 16.8 Å². The van der Waals surface area contributed by atoms with E-state index < -0.39 is 24.5 Å². The molecule has 1 aliphatic rings. The minimum Gasteiger partial charge on any atom is -0.452 e. The van der Waals surface area contributed by atoms with Gasteiger partial charge in [-0.25, -0.2) is 9.59 Å². The number of carbonyl (C=O) groups excluding carboxylic acids is 3. The Kier molecular flexibility index (Phi) is 6.80. The van der Waals surface area contributed by atoms with Crippen LogP contribution in [0, 0.1) is 0 Å². The van der Waals surface area contributed by atoms with Gasteiger partial charge in [0.05, 0.1) is 5.56 Å². The van der Waals surface area contributed by atoms with Crippen molar-refractivity contribution in [2.24, 2.45) is 0 Å². The van der Waals surface area contributed by atoms with Gasteiger partial charge in [0, 0.05) is 11.9 Å². The lowest BCUT2D eigenvalue weighted by atomic mass is 9.97. The van der Waals surface area contributed by atoms with E-state index in [0.717, 1.165) is 19.3 Å². The average molecular weight is 336 g/mol. The van der Waals surface area contributed by atoms with Crippen LogP contribution < -0.4 is 10.6 Å². The number of imide groups is 1. The van der Waals surface area contributed by atoms with Gasteiger partial charge in [-0.15, -0.1) is 0 Å². The van der Waals surface area contributed by atoms with Crippen LogP contribution in [0.4, 0.5) is 4.79 Å². The second kappa shape index (κ2) is 9.09. The molecule has 1 aliphatic carbocycles. The molecule has 0 fully saturated rings. The highest BCUT2D eigenvalue weighted by Gasteiger charge is 2.12. The number of urea groups is 1. The molecule has 23 heavy (non-hydrogen) atoms. The summed E-state index contributed by atoms with van der Waals surface area (Å²) in [6.45, 7) is 0.00684. The number of carbonyl (C=O) groups is 3. The van der Waals surface area contributed by atoms with E-state index in [1.165, 1.54) is 29.8 Å². The van der Waals surface area contributed by atoms with Crippen LogP contribution in [-0.2, 0) is 9.53 Å². The number of allylic oxidation sites excluding steroid dienone is 1. The zero-order chi connectivity index (χ0) is 16.5. The Balaban J connectivity index is 1.59. The summed E-state index contributed by atoms with van der Waals surface area (Å²) in [4.78, 5) is 34.6. The van der Waals surface area contributed by atoms with Crippen LogP contribution in [0.2, 0.25) is 0 Å². The zero-order valence-corrected chi connectivity index (χ0v) is 13.6. The van der Waals surface area contributed by atoms with Crippen molar-refractivity contribution in [3.63, 3.8) is 0 Å². The molecular formula is C16H20N2O4S. The van der Waals surface area contributed by atoms with E-state index in [1.807, 2.05) is 0 Å². The third-order valence-corrected chi connectivity index (χ3v) is 4.14. The number of rotatable bonds is 6. The first-order chi connectivity index (χ1) is 11.1. The number of hydrogen-bond acceptors (Lipinski definition) is 5. The number of ether oxygens (including phenoxy) is 1. The Morgan fingerprint density at radius 3 is 2.83 bits per heavy atom. The predicted octanol–water partition coefficient (Wildman–Crippen LogP) is 2.62. The molecular weight excluding hydrogens is 316 g/mol. The smallest absolute Gasteiger partial charge is 0.339 e. The van der Waals surface area contributed by atoms with Gasteiger partial charge >= 0.3 is 12.0 Å². The van der Waals surface area contributed by atoms with Crippen LogP contribution in [-0.4, -0.2) is 31.1 Å². The Hall–Kier alpha value is -2.15. The van der Waals surface area contributed by atoms with Crippen molar-refractivity contribution in [3.05, 3.63) is 34.0 Å². The highest BCUT2D eigenvalue weighted by atomic mass is 32.1. The summed E-state index contributed by atoms with van der Waals surface area (Å²) in [5, 5.41) is 8.13. The lowest BCUT2D eigenvalue weighted by molar-refractivity contribution is -0.123. The predicted molar refractivity (Wildman–Crippen MR) is 87.3 cm³/mol. The van der Waals surface area contributed by atoms with E-state index in [0.29, 0.717) is 12.1 Å². The Morgan fingerprint density at radius 2 is 2.13 bits per heavy atom. The van der Waals surface area contributed by atoms with Crippen LogP contribution in [0.15, 0.2) is 28.5 Å². The van der Waals surface area contributed by atoms with Crippen molar-refractivity contribution in [1.29, 1.82) is 0 Å². The number of nitrogens with one attached hydrogen (secondary N) is 2. The molecule has 0 saturated carbocycles. The van der Waals surface area contributed by atoms with Crippen LogP contribution in [0.3, 0.4) is 0 Å². The Labute approximate surface area is 138 Å². The maximum atomic E-state index is 11.6. The first-order valence-electron chi connectivity index (χ1n) is 7.60. The molecule has 0 unspecified atom stereocenters. The molecule has 0 aromatic carbocycles. The molecule has 0 bridgehead atoms. The highest BCUT2D eigenvalue weighted by Crippen LogP contribution is 2.19. The molecule has 0 aliphatic heterocycles. The van der Waals surface area contributed by atoms with Gasteiger partial charge in [0.1, 0.15) is 0 Å². The molecule has 2 rings (SSSR count). The van der Waals surface area contributed by atoms with Crippen LogP contribution in [0.25, 0.3) is 0 Å². The summed E-state index contributed by atoms with van der Waals surface area (Å²) in [6.07, 6.45) is 7.64. The first-order valence-corrected chi connectivity index (χ1v) is 8.54. The van der Waals surface area contributed by atoms with Crippen molar-refractivity contribution >= 4 is 29.2 Å². The molecule has 124 valence electrons. The molecule has 2 N–H and O–H groups in total. The second-order valence-corrected chi connectivity index (χ2v) is 6.03. The fraction of sp³-hybridized carbons (Fsp3) is 0.438. The van der Waals surface area contributed by atoms with E-state index in [-0.39, 0.29) is 0 Å². The summed E-state index contributed by atoms with van der Waals surface area (Å²) < 4.78 is 4.82. The average Bonchev–Trinajstić information content (AvgIpc) is 3.08. The van der Waals surface area contributed by atoms with Gasteiger partial charge in [0.15, 0.2) is 6.61 Å². The summed E-state index contributed by atoms with van der Waals surface area (Å²) in [6, 6.07) is 1.04. The topological polar surface area (TPSA) is 84.5 Å². The second-order valence-electron chi connectivity index (χ2n) is 5.25. The van der Waals surface area contributed by atoms with Gasteiger partial charge in [-0.3, -0.25) is 10.1 Å². The monoisotopic (exact) mass is 336 g/mol. The third-order valence-electron chi connectivity index (χ3n) is 3.46. The van der Waals surface area contributed by atoms with Crippen molar-refractivity contribution in [1.82, 2.24) is 10.6 Å². The van der Waals surface area contributed by atoms with Crippen molar-refractivity contribution < 1.29 is 19.1 Å². The summed E-state index contributed by atoms with van der Waals surface area (Å²) in [7, 11) is 0.